The Balaban J connectivity index is 1.41. The van der Waals surface area contributed by atoms with Crippen molar-refractivity contribution < 1.29 is 0 Å². The van der Waals surface area contributed by atoms with Gasteiger partial charge in [0.15, 0.2) is 0 Å². The monoisotopic (exact) mass is 721 g/mol. The van der Waals surface area contributed by atoms with Crippen molar-refractivity contribution in [1.82, 2.24) is 0 Å². The lowest BCUT2D eigenvalue weighted by Crippen LogP contribution is -2.61. The Morgan fingerprint density at radius 1 is 0.431 bits per heavy atom. The normalized spacial score (nSPS) is 12.7. The van der Waals surface area contributed by atoms with Crippen LogP contribution in [0.3, 0.4) is 0 Å². The van der Waals surface area contributed by atoms with Crippen molar-refractivity contribution in [3.63, 3.8) is 0 Å². The Morgan fingerprint density at radius 2 is 0.902 bits per heavy atom. The fourth-order valence-electron chi connectivity index (χ4n) is 7.87. The first-order valence-corrected chi connectivity index (χ1v) is 18.4. The molecule has 0 atom stereocenters. The first-order chi connectivity index (χ1) is 24.8. The molecular formula is C46H37BBrN3. The first-order valence-electron chi connectivity index (χ1n) is 17.6. The topological polar surface area (TPSA) is 9.72 Å². The van der Waals surface area contributed by atoms with E-state index in [2.05, 4.69) is 210 Å². The third-order valence-corrected chi connectivity index (χ3v) is 10.8. The van der Waals surface area contributed by atoms with Crippen LogP contribution < -0.4 is 31.1 Å². The first kappa shape index (κ1) is 31.5. The van der Waals surface area contributed by atoms with Crippen LogP contribution in [0.4, 0.5) is 51.2 Å². The molecule has 0 unspecified atom stereocenters. The summed E-state index contributed by atoms with van der Waals surface area (Å²) in [4.78, 5) is 7.36. The number of para-hydroxylation sites is 1. The number of hydrogen-bond donors (Lipinski definition) is 0. The number of nitrogens with zero attached hydrogens (tertiary/aromatic N) is 3. The molecule has 5 heteroatoms. The third-order valence-electron chi connectivity index (χ3n) is 10.3. The highest BCUT2D eigenvalue weighted by atomic mass is 79.9. The van der Waals surface area contributed by atoms with E-state index in [1.165, 1.54) is 61.4 Å². The van der Waals surface area contributed by atoms with Crippen molar-refractivity contribution in [2.45, 2.75) is 27.7 Å². The van der Waals surface area contributed by atoms with Gasteiger partial charge in [-0.05, 0) is 123 Å². The average Bonchev–Trinajstić information content (AvgIpc) is 3.14. The molecule has 51 heavy (non-hydrogen) atoms. The smallest absolute Gasteiger partial charge is 0.252 e. The molecule has 0 radical (unpaired) electrons. The SMILES string of the molecule is Cc1ccc(N(c2ccc(C)cc2)c2cc3c4c(c2)N(c2ccccc2)c2ccc(Br)cc2B4c2cc(C)ccc2N3c2ccc(C)cc2)cc1. The quantitative estimate of drug-likeness (QED) is 0.164. The number of fused-ring (bicyclic) bond motifs is 4. The van der Waals surface area contributed by atoms with E-state index in [0.29, 0.717) is 0 Å². The predicted octanol–water partition coefficient (Wildman–Crippen LogP) is 11.2. The van der Waals surface area contributed by atoms with Crippen LogP contribution in [0.5, 0.6) is 0 Å². The molecule has 0 amide bonds. The number of halogens is 1. The van der Waals surface area contributed by atoms with Gasteiger partial charge in [0.25, 0.3) is 6.71 Å². The van der Waals surface area contributed by atoms with Crippen LogP contribution in [0.2, 0.25) is 0 Å². The minimum absolute atomic E-state index is 0.0420. The molecule has 7 aromatic carbocycles. The lowest BCUT2D eigenvalue weighted by molar-refractivity contribution is 1.22. The van der Waals surface area contributed by atoms with E-state index in [0.717, 1.165) is 32.9 Å². The molecule has 2 aliphatic rings. The van der Waals surface area contributed by atoms with Crippen molar-refractivity contribution in [2.24, 2.45) is 0 Å². The number of aryl methyl sites for hydroxylation is 4. The van der Waals surface area contributed by atoms with Crippen molar-refractivity contribution in [3.8, 4) is 0 Å². The summed E-state index contributed by atoms with van der Waals surface area (Å²) in [6, 6.07) is 56.1. The summed E-state index contributed by atoms with van der Waals surface area (Å²) in [7, 11) is 0. The van der Waals surface area contributed by atoms with Gasteiger partial charge in [-0.2, -0.15) is 0 Å². The van der Waals surface area contributed by atoms with Gasteiger partial charge >= 0.3 is 0 Å². The van der Waals surface area contributed by atoms with Crippen LogP contribution in [0.1, 0.15) is 22.3 Å². The van der Waals surface area contributed by atoms with Gasteiger partial charge in [-0.25, -0.2) is 0 Å². The van der Waals surface area contributed by atoms with E-state index >= 15 is 0 Å². The van der Waals surface area contributed by atoms with Crippen LogP contribution in [0.15, 0.2) is 156 Å². The van der Waals surface area contributed by atoms with Gasteiger partial charge in [0, 0.05) is 50.0 Å². The highest BCUT2D eigenvalue weighted by Gasteiger charge is 2.44. The van der Waals surface area contributed by atoms with Crippen LogP contribution in [-0.2, 0) is 0 Å². The Labute approximate surface area is 309 Å². The van der Waals surface area contributed by atoms with Crippen molar-refractivity contribution in [3.05, 3.63) is 178 Å². The molecule has 246 valence electrons. The van der Waals surface area contributed by atoms with Gasteiger partial charge in [-0.1, -0.05) is 111 Å². The number of rotatable bonds is 5. The van der Waals surface area contributed by atoms with Crippen LogP contribution in [-0.4, -0.2) is 6.71 Å². The van der Waals surface area contributed by atoms with E-state index in [9.17, 15) is 0 Å². The van der Waals surface area contributed by atoms with Gasteiger partial charge in [0.2, 0.25) is 0 Å². The molecule has 3 nitrogen and oxygen atoms in total. The zero-order valence-corrected chi connectivity index (χ0v) is 30.8. The molecule has 0 saturated carbocycles. The third kappa shape index (κ3) is 5.35. The van der Waals surface area contributed by atoms with Gasteiger partial charge in [0.05, 0.1) is 5.69 Å². The highest BCUT2D eigenvalue weighted by molar-refractivity contribution is 9.10. The molecule has 0 saturated heterocycles. The molecule has 0 aliphatic carbocycles. The molecule has 2 heterocycles. The fourth-order valence-corrected chi connectivity index (χ4v) is 8.25. The molecule has 0 bridgehead atoms. The molecule has 0 aromatic heterocycles. The maximum Gasteiger partial charge on any atom is 0.252 e. The summed E-state index contributed by atoms with van der Waals surface area (Å²) < 4.78 is 1.08. The highest BCUT2D eigenvalue weighted by Crippen LogP contribution is 2.48. The number of hydrogen-bond acceptors (Lipinski definition) is 3. The molecule has 9 rings (SSSR count). The Bertz CT molecular complexity index is 2380. The minimum atomic E-state index is 0.0420. The van der Waals surface area contributed by atoms with Gasteiger partial charge in [-0.15, -0.1) is 0 Å². The molecule has 0 N–H and O–H groups in total. The molecule has 0 spiro atoms. The second kappa shape index (κ2) is 12.4. The lowest BCUT2D eigenvalue weighted by Gasteiger charge is -2.45. The summed E-state index contributed by atoms with van der Waals surface area (Å²) in [6.07, 6.45) is 0. The summed E-state index contributed by atoms with van der Waals surface area (Å²) >= 11 is 3.87. The van der Waals surface area contributed by atoms with E-state index < -0.39 is 0 Å². The molecule has 0 fully saturated rings. The maximum absolute atomic E-state index is 3.87. The van der Waals surface area contributed by atoms with E-state index in [1.54, 1.807) is 0 Å². The fraction of sp³-hybridized carbons (Fsp3) is 0.0870. The summed E-state index contributed by atoms with van der Waals surface area (Å²) in [5.74, 6) is 0. The van der Waals surface area contributed by atoms with Crippen LogP contribution in [0.25, 0.3) is 0 Å². The number of benzene rings is 7. The zero-order valence-electron chi connectivity index (χ0n) is 29.2. The van der Waals surface area contributed by atoms with Gasteiger partial charge < -0.3 is 14.7 Å². The largest absolute Gasteiger partial charge is 0.311 e. The zero-order chi connectivity index (χ0) is 34.8. The standard InChI is InChI=1S/C46H37BBrN3/c1-30-10-18-36(19-11-30)49(37-20-12-31(2)13-21-37)39-28-44-46-45(29-39)51(38-22-14-32(3)15-23-38)42-24-16-33(4)26-40(42)47(46)41-27-34(48)17-25-43(41)50(44)35-8-6-5-7-9-35/h5-29H,1-4H3. The van der Waals surface area contributed by atoms with Crippen LogP contribution in [0, 0.1) is 27.7 Å². The molecule has 2 aliphatic heterocycles. The lowest BCUT2D eigenvalue weighted by atomic mass is 9.33. The summed E-state index contributed by atoms with van der Waals surface area (Å²) in [5.41, 5.74) is 19.3. The molecular weight excluding hydrogens is 685 g/mol. The van der Waals surface area contributed by atoms with E-state index in [-0.39, 0.29) is 6.71 Å². The average molecular weight is 723 g/mol. The van der Waals surface area contributed by atoms with Crippen molar-refractivity contribution in [1.29, 1.82) is 0 Å². The molecule has 7 aromatic rings. The second-order valence-electron chi connectivity index (χ2n) is 13.9. The van der Waals surface area contributed by atoms with E-state index in [1.807, 2.05) is 0 Å². The van der Waals surface area contributed by atoms with Crippen molar-refractivity contribution in [2.75, 3.05) is 14.7 Å². The number of anilines is 9. The van der Waals surface area contributed by atoms with Crippen molar-refractivity contribution >= 4 is 90.2 Å². The Hall–Kier alpha value is -5.52. The second-order valence-corrected chi connectivity index (χ2v) is 14.9. The summed E-state index contributed by atoms with van der Waals surface area (Å²) in [5, 5.41) is 0. The van der Waals surface area contributed by atoms with Gasteiger partial charge in [0.1, 0.15) is 0 Å². The van der Waals surface area contributed by atoms with Gasteiger partial charge in [-0.3, -0.25) is 0 Å². The minimum Gasteiger partial charge on any atom is -0.311 e. The van der Waals surface area contributed by atoms with E-state index in [4.69, 9.17) is 0 Å². The Kier molecular flexibility index (Phi) is 7.63. The maximum atomic E-state index is 3.87. The summed E-state index contributed by atoms with van der Waals surface area (Å²) in [6.45, 7) is 8.70. The van der Waals surface area contributed by atoms with Crippen LogP contribution >= 0.6 is 15.9 Å². The predicted molar refractivity (Wildman–Crippen MR) is 222 cm³/mol. The Morgan fingerprint density at radius 3 is 1.47 bits per heavy atom.